The van der Waals surface area contributed by atoms with Crippen LogP contribution in [-0.4, -0.2) is 64.4 Å². The van der Waals surface area contributed by atoms with Crippen molar-refractivity contribution in [2.75, 3.05) is 29.3 Å². The lowest BCUT2D eigenvalue weighted by atomic mass is 9.93. The number of anilines is 2. The van der Waals surface area contributed by atoms with Crippen LogP contribution >= 0.6 is 23.4 Å². The lowest BCUT2D eigenvalue weighted by Crippen LogP contribution is -2.50. The van der Waals surface area contributed by atoms with E-state index in [-0.39, 0.29) is 45.2 Å². The van der Waals surface area contributed by atoms with Crippen molar-refractivity contribution in [3.05, 3.63) is 92.4 Å². The number of rotatable bonds is 6. The topological polar surface area (TPSA) is 105 Å². The van der Waals surface area contributed by atoms with E-state index in [1.807, 2.05) is 0 Å². The molecule has 1 aliphatic rings. The molecule has 0 radical (unpaired) electrons. The van der Waals surface area contributed by atoms with Crippen LogP contribution in [0.2, 0.25) is 5.02 Å². The van der Waals surface area contributed by atoms with Gasteiger partial charge in [0.1, 0.15) is 0 Å². The second-order valence-corrected chi connectivity index (χ2v) is 12.4. The first kappa shape index (κ1) is 35.8. The molecule has 9 nitrogen and oxygen atoms in total. The molecule has 1 atom stereocenters. The highest BCUT2D eigenvalue weighted by Crippen LogP contribution is 2.53. The first-order chi connectivity index (χ1) is 22.9. The Morgan fingerprint density at radius 1 is 0.959 bits per heavy atom. The highest BCUT2D eigenvalue weighted by Gasteiger charge is 2.73. The zero-order valence-corrected chi connectivity index (χ0v) is 27.2. The number of imidazole rings is 1. The normalized spacial score (nSPS) is 14.6. The number of nitrogens with one attached hydrogen (secondary N) is 2. The number of thioether (sulfide) groups is 1. The molecule has 0 bridgehead atoms. The first-order valence-electron chi connectivity index (χ1n) is 14.2. The SMILES string of the molecule is CNC(=O)n1c(=O)n(Cc2ccc3c(c2)N([C@@H](C)CSC)C(=O)c2c(Cl)cccc2C(=O)N3)c2cc(C(F)(C(F)(F)F)C(F)(F)F)ccc21. The maximum Gasteiger partial charge on any atom is 0.435 e. The predicted octanol–water partition coefficient (Wildman–Crippen LogP) is 6.95. The van der Waals surface area contributed by atoms with E-state index < -0.39 is 70.7 Å². The fourth-order valence-electron chi connectivity index (χ4n) is 5.69. The number of alkyl halides is 7. The fourth-order valence-corrected chi connectivity index (χ4v) is 6.57. The number of aromatic nitrogens is 2. The molecule has 0 unspecified atom stereocenters. The Morgan fingerprint density at radius 2 is 1.63 bits per heavy atom. The number of halogens is 8. The summed E-state index contributed by atoms with van der Waals surface area (Å²) in [7, 11) is 1.14. The van der Waals surface area contributed by atoms with Crippen molar-refractivity contribution >= 4 is 63.6 Å². The highest BCUT2D eigenvalue weighted by molar-refractivity contribution is 7.98. The van der Waals surface area contributed by atoms with Gasteiger partial charge in [-0.2, -0.15) is 38.1 Å². The lowest BCUT2D eigenvalue weighted by molar-refractivity contribution is -0.348. The number of carbonyl (C=O) groups is 3. The van der Waals surface area contributed by atoms with Crippen LogP contribution in [0.3, 0.4) is 0 Å². The van der Waals surface area contributed by atoms with Crippen molar-refractivity contribution in [2.45, 2.75) is 37.5 Å². The van der Waals surface area contributed by atoms with Crippen LogP contribution < -0.4 is 21.2 Å². The van der Waals surface area contributed by atoms with Crippen LogP contribution in [0.4, 0.5) is 46.9 Å². The summed E-state index contributed by atoms with van der Waals surface area (Å²) < 4.78 is 98.2. The van der Waals surface area contributed by atoms with Gasteiger partial charge in [0, 0.05) is 24.4 Å². The van der Waals surface area contributed by atoms with Gasteiger partial charge in [-0.15, -0.1) is 0 Å². The van der Waals surface area contributed by atoms with Gasteiger partial charge in [0.15, 0.2) is 0 Å². The molecular weight excluding hydrogens is 707 g/mol. The molecule has 0 aliphatic carbocycles. The summed E-state index contributed by atoms with van der Waals surface area (Å²) in [6.07, 6.45) is -11.1. The number of amides is 3. The van der Waals surface area contributed by atoms with E-state index in [0.29, 0.717) is 21.0 Å². The average Bonchev–Trinajstić information content (AvgIpc) is 3.29. The van der Waals surface area contributed by atoms with Crippen molar-refractivity contribution in [1.82, 2.24) is 14.5 Å². The number of nitrogens with zero attached hydrogens (tertiary/aromatic N) is 3. The molecule has 5 rings (SSSR count). The number of hydrogen-bond acceptors (Lipinski definition) is 5. The van der Waals surface area contributed by atoms with Crippen molar-refractivity contribution in [2.24, 2.45) is 0 Å². The fraction of sp³-hybridized carbons (Fsp3) is 0.290. The predicted molar refractivity (Wildman–Crippen MR) is 171 cm³/mol. The Morgan fingerprint density at radius 3 is 2.24 bits per heavy atom. The Balaban J connectivity index is 1.72. The minimum Gasteiger partial charge on any atom is -0.340 e. The monoisotopic (exact) mass is 731 g/mol. The van der Waals surface area contributed by atoms with Crippen molar-refractivity contribution in [1.29, 1.82) is 0 Å². The van der Waals surface area contributed by atoms with E-state index in [1.165, 1.54) is 53.1 Å². The van der Waals surface area contributed by atoms with Crippen molar-refractivity contribution in [3.8, 4) is 0 Å². The molecule has 4 aromatic rings. The summed E-state index contributed by atoms with van der Waals surface area (Å²) in [5, 5.41) is 4.90. The van der Waals surface area contributed by atoms with Gasteiger partial charge in [0.05, 0.1) is 45.1 Å². The van der Waals surface area contributed by atoms with E-state index in [2.05, 4.69) is 10.6 Å². The molecule has 0 saturated heterocycles. The Labute approximate surface area is 282 Å². The number of fused-ring (bicyclic) bond motifs is 3. The van der Waals surface area contributed by atoms with Crippen LogP contribution in [0.1, 0.15) is 38.8 Å². The number of hydrogen-bond donors (Lipinski definition) is 2. The summed E-state index contributed by atoms with van der Waals surface area (Å²) in [6, 6.07) is 8.03. The van der Waals surface area contributed by atoms with Crippen LogP contribution in [0, 0.1) is 0 Å². The molecule has 3 amide bonds. The second-order valence-electron chi connectivity index (χ2n) is 11.1. The van der Waals surface area contributed by atoms with Crippen molar-refractivity contribution in [3.63, 3.8) is 0 Å². The molecule has 1 aliphatic heterocycles. The summed E-state index contributed by atoms with van der Waals surface area (Å²) in [6.45, 7) is 1.16. The van der Waals surface area contributed by atoms with E-state index in [4.69, 9.17) is 11.6 Å². The first-order valence-corrected chi connectivity index (χ1v) is 16.0. The molecule has 2 heterocycles. The van der Waals surface area contributed by atoms with Gasteiger partial charge in [-0.1, -0.05) is 29.8 Å². The minimum absolute atomic E-state index is 0.00428. The van der Waals surface area contributed by atoms with Crippen LogP contribution in [0.15, 0.2) is 59.4 Å². The van der Waals surface area contributed by atoms with Gasteiger partial charge in [0.2, 0.25) is 0 Å². The minimum atomic E-state index is -6.43. The van der Waals surface area contributed by atoms with E-state index >= 15 is 4.39 Å². The van der Waals surface area contributed by atoms with Gasteiger partial charge in [-0.05, 0) is 55.1 Å². The highest BCUT2D eigenvalue weighted by atomic mass is 35.5. The van der Waals surface area contributed by atoms with Crippen LogP contribution in [0.25, 0.3) is 11.0 Å². The summed E-state index contributed by atoms with van der Waals surface area (Å²) >= 11 is 7.79. The van der Waals surface area contributed by atoms with E-state index in [1.54, 1.807) is 13.2 Å². The van der Waals surface area contributed by atoms with Crippen molar-refractivity contribution < 1.29 is 45.1 Å². The van der Waals surface area contributed by atoms with Crippen LogP contribution in [-0.2, 0) is 12.2 Å². The van der Waals surface area contributed by atoms with E-state index in [9.17, 15) is 45.5 Å². The summed E-state index contributed by atoms with van der Waals surface area (Å²) in [5.74, 6) is -0.876. The Kier molecular flexibility index (Phi) is 9.31. The summed E-state index contributed by atoms with van der Waals surface area (Å²) in [5.41, 5.74) is -9.45. The molecule has 3 aromatic carbocycles. The third kappa shape index (κ3) is 5.92. The lowest BCUT2D eigenvalue weighted by Gasteiger charge is -2.33. The molecular formula is C31H25ClF7N5O4S. The molecule has 0 fully saturated rings. The average molecular weight is 732 g/mol. The zero-order valence-electron chi connectivity index (χ0n) is 25.6. The smallest absolute Gasteiger partial charge is 0.340 e. The Hall–Kier alpha value is -4.51. The molecule has 0 saturated carbocycles. The number of carbonyl (C=O) groups excluding carboxylic acids is 3. The van der Waals surface area contributed by atoms with Gasteiger partial charge in [0.25, 0.3) is 11.8 Å². The van der Waals surface area contributed by atoms with Gasteiger partial charge >= 0.3 is 29.7 Å². The maximum absolute atomic E-state index is 15.1. The van der Waals surface area contributed by atoms with E-state index in [0.717, 1.165) is 7.05 Å². The molecule has 0 spiro atoms. The third-order valence-corrected chi connectivity index (χ3v) is 9.11. The molecule has 260 valence electrons. The van der Waals surface area contributed by atoms with Crippen LogP contribution in [0.5, 0.6) is 0 Å². The van der Waals surface area contributed by atoms with Gasteiger partial charge in [-0.3, -0.25) is 14.2 Å². The Bertz CT molecular complexity index is 2050. The second kappa shape index (κ2) is 12.7. The third-order valence-electron chi connectivity index (χ3n) is 7.98. The molecule has 1 aromatic heterocycles. The zero-order chi connectivity index (χ0) is 36.2. The van der Waals surface area contributed by atoms with Gasteiger partial charge in [-0.25, -0.2) is 18.5 Å². The quantitative estimate of drug-likeness (QED) is 0.209. The molecule has 2 N–H and O–H groups in total. The number of benzene rings is 3. The maximum atomic E-state index is 15.1. The van der Waals surface area contributed by atoms with Gasteiger partial charge < -0.3 is 15.5 Å². The summed E-state index contributed by atoms with van der Waals surface area (Å²) in [4.78, 5) is 54.9. The standard InChI is InChI=1S/C31H25ClF7N5O4S/c1-15(14-49-3)43-22-11-16(7-9-20(22)41-25(45)18-5-4-6-19(32)24(18)26(43)46)13-42-23-12-17(29(33,30(34,35)36)31(37,38)39)8-10-21(23)44(28(42)48)27(47)40-2/h4-12,15H,13-14H2,1-3H3,(H,40,47)(H,41,45)/t15-/m0/s1. The molecule has 18 heteroatoms. The largest absolute Gasteiger partial charge is 0.435 e. The molecule has 49 heavy (non-hydrogen) atoms.